The van der Waals surface area contributed by atoms with Gasteiger partial charge in [-0.2, -0.15) is 10.1 Å². The number of nitrogens with two attached hydrogens (primary N) is 1. The van der Waals surface area contributed by atoms with Gasteiger partial charge in [0.15, 0.2) is 5.75 Å². The third-order valence-electron chi connectivity index (χ3n) is 2.12. The number of hydrogen-bond donors (Lipinski definition) is 1. The first-order valence-electron chi connectivity index (χ1n) is 5.49. The lowest BCUT2D eigenvalue weighted by molar-refractivity contribution is 0.458. The molecule has 2 N–H and O–H groups in total. The molecule has 2 heterocycles. The molecular formula is C11H15N5O. The van der Waals surface area contributed by atoms with Crippen LogP contribution in [0.3, 0.4) is 0 Å². The third kappa shape index (κ3) is 2.93. The van der Waals surface area contributed by atoms with Gasteiger partial charge in [0.25, 0.3) is 0 Å². The fraction of sp³-hybridized carbons (Fsp3) is 0.364. The topological polar surface area (TPSA) is 78.9 Å². The molecule has 6 heteroatoms. The van der Waals surface area contributed by atoms with Crippen molar-refractivity contribution in [3.63, 3.8) is 0 Å². The number of ether oxygens (including phenoxy) is 1. The van der Waals surface area contributed by atoms with Gasteiger partial charge in [-0.1, -0.05) is 6.92 Å². The van der Waals surface area contributed by atoms with Crippen LogP contribution in [0.2, 0.25) is 0 Å². The fourth-order valence-electron chi connectivity index (χ4n) is 1.48. The van der Waals surface area contributed by atoms with E-state index >= 15 is 0 Å². The summed E-state index contributed by atoms with van der Waals surface area (Å²) in [6.45, 7) is 4.73. The van der Waals surface area contributed by atoms with Gasteiger partial charge in [-0.05, 0) is 13.3 Å². The molecule has 0 fully saturated rings. The van der Waals surface area contributed by atoms with E-state index in [1.807, 2.05) is 10.9 Å². The number of hydrogen-bond acceptors (Lipinski definition) is 5. The Hall–Kier alpha value is -2.11. The standard InChI is InChI=1S/C11H15N5O/c1-3-4-16-7-9(6-13-16)17-11-5-10(12)14-8(2)15-11/h5-7H,3-4H2,1-2H3,(H2,12,14,15). The lowest BCUT2D eigenvalue weighted by atomic mass is 10.5. The Morgan fingerprint density at radius 1 is 1.41 bits per heavy atom. The highest BCUT2D eigenvalue weighted by molar-refractivity contribution is 5.34. The van der Waals surface area contributed by atoms with Crippen molar-refractivity contribution in [1.29, 1.82) is 0 Å². The molecule has 0 aromatic carbocycles. The third-order valence-corrected chi connectivity index (χ3v) is 2.12. The Labute approximate surface area is 99.4 Å². The quantitative estimate of drug-likeness (QED) is 0.870. The van der Waals surface area contributed by atoms with Crippen molar-refractivity contribution in [1.82, 2.24) is 19.7 Å². The zero-order chi connectivity index (χ0) is 12.3. The fourth-order valence-corrected chi connectivity index (χ4v) is 1.48. The van der Waals surface area contributed by atoms with Crippen molar-refractivity contribution in [2.45, 2.75) is 26.8 Å². The average molecular weight is 233 g/mol. The lowest BCUT2D eigenvalue weighted by Crippen LogP contribution is -1.97. The summed E-state index contributed by atoms with van der Waals surface area (Å²) >= 11 is 0. The van der Waals surface area contributed by atoms with Crippen LogP contribution in [0.15, 0.2) is 18.5 Å². The Balaban J connectivity index is 2.13. The highest BCUT2D eigenvalue weighted by Gasteiger charge is 2.04. The van der Waals surface area contributed by atoms with Crippen molar-refractivity contribution in [3.8, 4) is 11.6 Å². The highest BCUT2D eigenvalue weighted by Crippen LogP contribution is 2.19. The second-order valence-corrected chi connectivity index (χ2v) is 3.72. The average Bonchev–Trinajstić information content (AvgIpc) is 2.64. The number of nitrogens with zero attached hydrogens (tertiary/aromatic N) is 4. The molecule has 6 nitrogen and oxygen atoms in total. The minimum atomic E-state index is 0.397. The zero-order valence-corrected chi connectivity index (χ0v) is 9.92. The Morgan fingerprint density at radius 2 is 2.24 bits per heavy atom. The summed E-state index contributed by atoms with van der Waals surface area (Å²) in [7, 11) is 0. The van der Waals surface area contributed by atoms with Crippen LogP contribution in [0.5, 0.6) is 11.6 Å². The number of aromatic nitrogens is 4. The van der Waals surface area contributed by atoms with Gasteiger partial charge in [-0.25, -0.2) is 4.98 Å². The molecule has 0 saturated heterocycles. The summed E-state index contributed by atoms with van der Waals surface area (Å²) in [6.07, 6.45) is 4.51. The number of nitrogen functional groups attached to an aromatic ring is 1. The van der Waals surface area contributed by atoms with Crippen LogP contribution < -0.4 is 10.5 Å². The molecule has 0 aliphatic heterocycles. The molecule has 2 rings (SSSR count). The molecular weight excluding hydrogens is 218 g/mol. The van der Waals surface area contributed by atoms with Crippen LogP contribution in [-0.4, -0.2) is 19.7 Å². The Kier molecular flexibility index (Phi) is 3.22. The van der Waals surface area contributed by atoms with Crippen molar-refractivity contribution < 1.29 is 4.74 Å². The van der Waals surface area contributed by atoms with Crippen LogP contribution in [0.1, 0.15) is 19.2 Å². The van der Waals surface area contributed by atoms with Crippen LogP contribution in [-0.2, 0) is 6.54 Å². The largest absolute Gasteiger partial charge is 0.436 e. The van der Waals surface area contributed by atoms with Gasteiger partial charge in [0.2, 0.25) is 5.88 Å². The molecule has 0 amide bonds. The van der Waals surface area contributed by atoms with E-state index in [0.717, 1.165) is 13.0 Å². The molecule has 90 valence electrons. The summed E-state index contributed by atoms with van der Waals surface area (Å²) in [6, 6.07) is 1.59. The first kappa shape index (κ1) is 11.4. The number of aryl methyl sites for hydroxylation is 2. The van der Waals surface area contributed by atoms with Gasteiger partial charge in [0.05, 0.1) is 12.4 Å². The maximum absolute atomic E-state index is 5.61. The molecule has 2 aromatic rings. The molecule has 0 spiro atoms. The molecule has 0 saturated carbocycles. The van der Waals surface area contributed by atoms with Gasteiger partial charge in [0, 0.05) is 12.6 Å². The second-order valence-electron chi connectivity index (χ2n) is 3.72. The predicted octanol–water partition coefficient (Wildman–Crippen LogP) is 1.77. The van der Waals surface area contributed by atoms with E-state index in [0.29, 0.717) is 23.3 Å². The zero-order valence-electron chi connectivity index (χ0n) is 9.92. The summed E-state index contributed by atoms with van der Waals surface area (Å²) < 4.78 is 7.38. The van der Waals surface area contributed by atoms with E-state index in [1.54, 1.807) is 19.2 Å². The molecule has 0 aliphatic carbocycles. The van der Waals surface area contributed by atoms with Crippen LogP contribution in [0.25, 0.3) is 0 Å². The summed E-state index contributed by atoms with van der Waals surface area (Å²) in [4.78, 5) is 8.11. The van der Waals surface area contributed by atoms with E-state index in [2.05, 4.69) is 22.0 Å². The van der Waals surface area contributed by atoms with Gasteiger partial charge < -0.3 is 10.5 Å². The molecule has 0 unspecified atom stereocenters. The summed E-state index contributed by atoms with van der Waals surface area (Å²) in [5.74, 6) is 2.07. The Morgan fingerprint density at radius 3 is 2.94 bits per heavy atom. The summed E-state index contributed by atoms with van der Waals surface area (Å²) in [5, 5.41) is 4.16. The number of rotatable bonds is 4. The maximum Gasteiger partial charge on any atom is 0.224 e. The smallest absolute Gasteiger partial charge is 0.224 e. The van der Waals surface area contributed by atoms with E-state index in [-0.39, 0.29) is 0 Å². The minimum absolute atomic E-state index is 0.397. The van der Waals surface area contributed by atoms with Crippen LogP contribution in [0, 0.1) is 6.92 Å². The molecule has 0 bridgehead atoms. The Bertz CT molecular complexity index is 488. The van der Waals surface area contributed by atoms with Crippen molar-refractivity contribution in [2.24, 2.45) is 0 Å². The van der Waals surface area contributed by atoms with Crippen LogP contribution in [0.4, 0.5) is 5.82 Å². The van der Waals surface area contributed by atoms with Crippen molar-refractivity contribution in [3.05, 3.63) is 24.3 Å². The van der Waals surface area contributed by atoms with E-state index in [1.165, 1.54) is 0 Å². The van der Waals surface area contributed by atoms with E-state index < -0.39 is 0 Å². The molecule has 0 atom stereocenters. The molecule has 2 aromatic heterocycles. The van der Waals surface area contributed by atoms with Gasteiger partial charge in [-0.3, -0.25) is 4.68 Å². The molecule has 17 heavy (non-hydrogen) atoms. The summed E-state index contributed by atoms with van der Waals surface area (Å²) in [5.41, 5.74) is 5.61. The van der Waals surface area contributed by atoms with Crippen LogP contribution >= 0.6 is 0 Å². The van der Waals surface area contributed by atoms with Gasteiger partial charge in [-0.15, -0.1) is 0 Å². The first-order chi connectivity index (χ1) is 8.17. The highest BCUT2D eigenvalue weighted by atomic mass is 16.5. The number of anilines is 1. The molecule has 0 radical (unpaired) electrons. The van der Waals surface area contributed by atoms with Crippen molar-refractivity contribution in [2.75, 3.05) is 5.73 Å². The monoisotopic (exact) mass is 233 g/mol. The maximum atomic E-state index is 5.61. The molecule has 0 aliphatic rings. The minimum Gasteiger partial charge on any atom is -0.436 e. The normalized spacial score (nSPS) is 10.5. The van der Waals surface area contributed by atoms with Gasteiger partial charge in [0.1, 0.15) is 11.6 Å². The lowest BCUT2D eigenvalue weighted by Gasteiger charge is -2.03. The SMILES string of the molecule is CCCn1cc(Oc2cc(N)nc(C)n2)cn1. The second kappa shape index (κ2) is 4.82. The predicted molar refractivity (Wildman–Crippen MR) is 63.8 cm³/mol. The van der Waals surface area contributed by atoms with E-state index in [9.17, 15) is 0 Å². The van der Waals surface area contributed by atoms with Gasteiger partial charge >= 0.3 is 0 Å². The van der Waals surface area contributed by atoms with Crippen molar-refractivity contribution >= 4 is 5.82 Å². The van der Waals surface area contributed by atoms with E-state index in [4.69, 9.17) is 10.5 Å². The first-order valence-corrected chi connectivity index (χ1v) is 5.49.